The van der Waals surface area contributed by atoms with E-state index in [9.17, 15) is 0 Å². The highest BCUT2D eigenvalue weighted by Crippen LogP contribution is 2.08. The normalized spacial score (nSPS) is 12.1. The molecule has 1 aromatic rings. The third kappa shape index (κ3) is 4.14. The number of rotatable bonds is 4. The van der Waals surface area contributed by atoms with Crippen molar-refractivity contribution < 1.29 is 0 Å². The lowest BCUT2D eigenvalue weighted by Crippen LogP contribution is -2.24. The maximum atomic E-state index is 8.53. The Morgan fingerprint density at radius 3 is 2.40 bits per heavy atom. The minimum absolute atomic E-state index is 0.260. The summed E-state index contributed by atoms with van der Waals surface area (Å²) in [6.45, 7) is 7.08. The van der Waals surface area contributed by atoms with Gasteiger partial charge in [-0.15, -0.1) is 0 Å². The van der Waals surface area contributed by atoms with Crippen molar-refractivity contribution in [3.8, 4) is 6.07 Å². The van der Waals surface area contributed by atoms with E-state index in [4.69, 9.17) is 5.26 Å². The first-order valence-corrected chi connectivity index (χ1v) is 5.29. The van der Waals surface area contributed by atoms with Crippen LogP contribution in [0.3, 0.4) is 0 Å². The Kier molecular flexibility index (Phi) is 4.33. The quantitative estimate of drug-likeness (QED) is 0.814. The van der Waals surface area contributed by atoms with Gasteiger partial charge in [-0.3, -0.25) is 0 Å². The molecule has 0 saturated carbocycles. The highest BCUT2D eigenvalue weighted by atomic mass is 14.9. The van der Waals surface area contributed by atoms with Gasteiger partial charge in [0.2, 0.25) is 0 Å². The molecule has 1 unspecified atom stereocenters. The predicted octanol–water partition coefficient (Wildman–Crippen LogP) is 2.70. The van der Waals surface area contributed by atoms with Gasteiger partial charge < -0.3 is 5.32 Å². The molecule has 0 fully saturated rings. The molecule has 15 heavy (non-hydrogen) atoms. The Bertz CT molecular complexity index is 343. The van der Waals surface area contributed by atoms with Crippen LogP contribution in [-0.4, -0.2) is 6.04 Å². The molecule has 0 radical (unpaired) electrons. The average molecular weight is 202 g/mol. The van der Waals surface area contributed by atoms with Crippen LogP contribution < -0.4 is 5.32 Å². The lowest BCUT2D eigenvalue weighted by Gasteiger charge is -2.11. The molecule has 0 saturated heterocycles. The van der Waals surface area contributed by atoms with E-state index in [1.807, 2.05) is 6.92 Å². The van der Waals surface area contributed by atoms with Crippen LogP contribution in [0, 0.1) is 25.2 Å². The lowest BCUT2D eigenvalue weighted by molar-refractivity contribution is 0.557. The summed E-state index contributed by atoms with van der Waals surface area (Å²) in [5.41, 5.74) is 3.87. The first-order valence-electron chi connectivity index (χ1n) is 5.29. The fourth-order valence-corrected chi connectivity index (χ4v) is 1.67. The minimum atomic E-state index is 0.260. The number of benzene rings is 1. The van der Waals surface area contributed by atoms with E-state index in [-0.39, 0.29) is 6.04 Å². The Balaban J connectivity index is 2.54. The molecular formula is C13H18N2. The zero-order chi connectivity index (χ0) is 11.3. The van der Waals surface area contributed by atoms with Crippen molar-refractivity contribution in [2.45, 2.75) is 39.8 Å². The van der Waals surface area contributed by atoms with Crippen LogP contribution in [0.1, 0.15) is 30.0 Å². The van der Waals surface area contributed by atoms with Crippen LogP contribution >= 0.6 is 0 Å². The van der Waals surface area contributed by atoms with Gasteiger partial charge in [-0.05, 0) is 26.3 Å². The second-order valence-corrected chi connectivity index (χ2v) is 4.14. The molecule has 2 heteroatoms. The van der Waals surface area contributed by atoms with E-state index in [1.165, 1.54) is 16.7 Å². The second kappa shape index (κ2) is 5.53. The molecule has 0 aromatic heterocycles. The summed E-state index contributed by atoms with van der Waals surface area (Å²) in [6, 6.07) is 8.95. The van der Waals surface area contributed by atoms with Crippen LogP contribution in [-0.2, 0) is 6.54 Å². The molecule has 0 bridgehead atoms. The van der Waals surface area contributed by atoms with E-state index in [2.05, 4.69) is 43.4 Å². The van der Waals surface area contributed by atoms with Gasteiger partial charge in [-0.2, -0.15) is 5.26 Å². The van der Waals surface area contributed by atoms with Gasteiger partial charge in [0.15, 0.2) is 0 Å². The summed E-state index contributed by atoms with van der Waals surface area (Å²) in [5, 5.41) is 11.9. The molecule has 2 nitrogen and oxygen atoms in total. The third-order valence-corrected chi connectivity index (χ3v) is 2.33. The largest absolute Gasteiger partial charge is 0.309 e. The van der Waals surface area contributed by atoms with Crippen molar-refractivity contribution in [2.24, 2.45) is 0 Å². The second-order valence-electron chi connectivity index (χ2n) is 4.14. The number of nitriles is 1. The van der Waals surface area contributed by atoms with Crippen molar-refractivity contribution in [1.82, 2.24) is 5.32 Å². The van der Waals surface area contributed by atoms with Crippen LogP contribution in [0.15, 0.2) is 18.2 Å². The molecule has 1 atom stereocenters. The highest BCUT2D eigenvalue weighted by Gasteiger charge is 2.01. The van der Waals surface area contributed by atoms with E-state index >= 15 is 0 Å². The molecule has 0 aliphatic heterocycles. The summed E-state index contributed by atoms with van der Waals surface area (Å²) >= 11 is 0. The lowest BCUT2D eigenvalue weighted by atomic mass is 10.1. The molecule has 1 N–H and O–H groups in total. The summed E-state index contributed by atoms with van der Waals surface area (Å²) in [5.74, 6) is 0. The van der Waals surface area contributed by atoms with Gasteiger partial charge in [0.25, 0.3) is 0 Å². The topological polar surface area (TPSA) is 35.8 Å². The van der Waals surface area contributed by atoms with E-state index in [0.29, 0.717) is 6.42 Å². The molecule has 0 aliphatic rings. The first-order chi connectivity index (χ1) is 7.11. The summed E-state index contributed by atoms with van der Waals surface area (Å²) in [4.78, 5) is 0. The maximum Gasteiger partial charge on any atom is 0.0638 e. The van der Waals surface area contributed by atoms with Gasteiger partial charge in [0.05, 0.1) is 12.5 Å². The monoisotopic (exact) mass is 202 g/mol. The Labute approximate surface area is 91.9 Å². The highest BCUT2D eigenvalue weighted by molar-refractivity contribution is 5.28. The first kappa shape index (κ1) is 11.7. The molecule has 1 aromatic carbocycles. The van der Waals surface area contributed by atoms with E-state index in [1.54, 1.807) is 0 Å². The fraction of sp³-hybridized carbons (Fsp3) is 0.462. The average Bonchev–Trinajstić information content (AvgIpc) is 2.14. The Hall–Kier alpha value is -1.33. The fourth-order valence-electron chi connectivity index (χ4n) is 1.67. The van der Waals surface area contributed by atoms with Gasteiger partial charge in [0, 0.05) is 12.6 Å². The maximum absolute atomic E-state index is 8.53. The number of hydrogen-bond acceptors (Lipinski definition) is 2. The zero-order valence-electron chi connectivity index (χ0n) is 9.67. The Morgan fingerprint density at radius 1 is 1.27 bits per heavy atom. The van der Waals surface area contributed by atoms with Crippen LogP contribution in [0.2, 0.25) is 0 Å². The van der Waals surface area contributed by atoms with Crippen molar-refractivity contribution in [1.29, 1.82) is 5.26 Å². The molecule has 0 spiro atoms. The zero-order valence-corrected chi connectivity index (χ0v) is 9.67. The van der Waals surface area contributed by atoms with Gasteiger partial charge >= 0.3 is 0 Å². The van der Waals surface area contributed by atoms with Crippen molar-refractivity contribution in [3.05, 3.63) is 34.9 Å². The summed E-state index contributed by atoms with van der Waals surface area (Å²) in [7, 11) is 0. The standard InChI is InChI=1S/C13H18N2/c1-10-6-11(2)8-13(7-10)9-15-12(3)4-5-14/h6-8,12,15H,4,9H2,1-3H3. The molecule has 80 valence electrons. The molecule has 0 heterocycles. The number of hydrogen-bond donors (Lipinski definition) is 1. The SMILES string of the molecule is Cc1cc(C)cc(CNC(C)CC#N)c1. The van der Waals surface area contributed by atoms with Crippen molar-refractivity contribution in [3.63, 3.8) is 0 Å². The predicted molar refractivity (Wildman–Crippen MR) is 62.4 cm³/mol. The molecule has 1 rings (SSSR count). The smallest absolute Gasteiger partial charge is 0.0638 e. The summed E-state index contributed by atoms with van der Waals surface area (Å²) in [6.07, 6.45) is 0.560. The summed E-state index contributed by atoms with van der Waals surface area (Å²) < 4.78 is 0. The van der Waals surface area contributed by atoms with Crippen LogP contribution in [0.25, 0.3) is 0 Å². The minimum Gasteiger partial charge on any atom is -0.309 e. The van der Waals surface area contributed by atoms with Gasteiger partial charge in [-0.25, -0.2) is 0 Å². The van der Waals surface area contributed by atoms with E-state index < -0.39 is 0 Å². The third-order valence-electron chi connectivity index (χ3n) is 2.33. The molecule has 0 amide bonds. The number of aryl methyl sites for hydroxylation is 2. The molecular weight excluding hydrogens is 184 g/mol. The number of nitrogens with zero attached hydrogens (tertiary/aromatic N) is 1. The van der Waals surface area contributed by atoms with Crippen LogP contribution in [0.5, 0.6) is 0 Å². The number of nitrogens with one attached hydrogen (secondary N) is 1. The molecule has 0 aliphatic carbocycles. The Morgan fingerprint density at radius 2 is 1.87 bits per heavy atom. The van der Waals surface area contributed by atoms with Crippen molar-refractivity contribution >= 4 is 0 Å². The van der Waals surface area contributed by atoms with Gasteiger partial charge in [0.1, 0.15) is 0 Å². The van der Waals surface area contributed by atoms with Crippen LogP contribution in [0.4, 0.5) is 0 Å². The van der Waals surface area contributed by atoms with E-state index in [0.717, 1.165) is 6.54 Å². The van der Waals surface area contributed by atoms with Crippen molar-refractivity contribution in [2.75, 3.05) is 0 Å². The van der Waals surface area contributed by atoms with Gasteiger partial charge in [-0.1, -0.05) is 29.3 Å².